The van der Waals surface area contributed by atoms with Crippen molar-refractivity contribution in [1.29, 1.82) is 0 Å². The summed E-state index contributed by atoms with van der Waals surface area (Å²) in [5.41, 5.74) is 4.81. The molecule has 0 unspecified atom stereocenters. The van der Waals surface area contributed by atoms with Crippen molar-refractivity contribution >= 4 is 11.8 Å². The van der Waals surface area contributed by atoms with Gasteiger partial charge in [-0.05, 0) is 36.5 Å². The summed E-state index contributed by atoms with van der Waals surface area (Å²) in [5, 5.41) is 1.68. The number of aryl methyl sites for hydroxylation is 1. The zero-order chi connectivity index (χ0) is 8.13. The molecule has 2 aliphatic rings. The van der Waals surface area contributed by atoms with Gasteiger partial charge in [-0.3, -0.25) is 0 Å². The Labute approximate surface area is 77.4 Å². The van der Waals surface area contributed by atoms with Crippen LogP contribution in [0.5, 0.6) is 0 Å². The standard InChI is InChI=1S/C11H12S/c1-7-3-2-4-8-9-5-6-10(12-9)11(7)8/h2-4,9-10H,5-6H2,1H3/t9-,10+/m1/s1. The van der Waals surface area contributed by atoms with Crippen molar-refractivity contribution in [3.63, 3.8) is 0 Å². The van der Waals surface area contributed by atoms with E-state index in [2.05, 4.69) is 36.9 Å². The van der Waals surface area contributed by atoms with Crippen molar-refractivity contribution in [3.8, 4) is 0 Å². The molecule has 0 N–H and O–H groups in total. The van der Waals surface area contributed by atoms with E-state index in [0.29, 0.717) is 0 Å². The monoisotopic (exact) mass is 176 g/mol. The summed E-state index contributed by atoms with van der Waals surface area (Å²) in [5.74, 6) is 0. The summed E-state index contributed by atoms with van der Waals surface area (Å²) in [6.45, 7) is 2.25. The van der Waals surface area contributed by atoms with E-state index in [-0.39, 0.29) is 0 Å². The Kier molecular flexibility index (Phi) is 1.34. The van der Waals surface area contributed by atoms with E-state index in [0.717, 1.165) is 10.5 Å². The molecule has 0 saturated carbocycles. The highest BCUT2D eigenvalue weighted by Crippen LogP contribution is 2.61. The fourth-order valence-electron chi connectivity index (χ4n) is 2.50. The van der Waals surface area contributed by atoms with Crippen LogP contribution in [0.3, 0.4) is 0 Å². The zero-order valence-corrected chi connectivity index (χ0v) is 8.03. The van der Waals surface area contributed by atoms with Gasteiger partial charge in [-0.15, -0.1) is 11.8 Å². The predicted octanol–water partition coefficient (Wildman–Crippen LogP) is 3.62. The van der Waals surface area contributed by atoms with E-state index in [4.69, 9.17) is 0 Å². The van der Waals surface area contributed by atoms with Gasteiger partial charge in [0.05, 0.1) is 0 Å². The topological polar surface area (TPSA) is 0 Å². The van der Waals surface area contributed by atoms with Crippen LogP contribution in [-0.2, 0) is 0 Å². The van der Waals surface area contributed by atoms with E-state index >= 15 is 0 Å². The Balaban J connectivity index is 2.26. The number of benzene rings is 1. The van der Waals surface area contributed by atoms with Gasteiger partial charge in [0, 0.05) is 10.5 Å². The molecule has 1 aromatic carbocycles. The molecule has 1 saturated heterocycles. The molecule has 1 aromatic rings. The summed E-state index contributed by atoms with van der Waals surface area (Å²) in [7, 11) is 0. The van der Waals surface area contributed by atoms with Crippen molar-refractivity contribution in [2.45, 2.75) is 30.3 Å². The minimum absolute atomic E-state index is 0.838. The van der Waals surface area contributed by atoms with Gasteiger partial charge in [0.2, 0.25) is 0 Å². The second-order valence-corrected chi connectivity index (χ2v) is 5.18. The molecule has 2 aliphatic heterocycles. The van der Waals surface area contributed by atoms with Crippen LogP contribution in [-0.4, -0.2) is 0 Å². The van der Waals surface area contributed by atoms with Crippen molar-refractivity contribution in [3.05, 3.63) is 34.9 Å². The summed E-state index contributed by atoms with van der Waals surface area (Å²) >= 11 is 2.17. The van der Waals surface area contributed by atoms with Crippen LogP contribution < -0.4 is 0 Å². The number of hydrogen-bond donors (Lipinski definition) is 0. The molecule has 0 radical (unpaired) electrons. The quantitative estimate of drug-likeness (QED) is 0.582. The average molecular weight is 176 g/mol. The highest BCUT2D eigenvalue weighted by Gasteiger charge is 2.37. The molecule has 0 nitrogen and oxygen atoms in total. The molecule has 0 amide bonds. The van der Waals surface area contributed by atoms with Gasteiger partial charge in [0.1, 0.15) is 0 Å². The molecule has 0 aromatic heterocycles. The van der Waals surface area contributed by atoms with E-state index in [1.54, 1.807) is 11.1 Å². The minimum atomic E-state index is 0.838. The largest absolute Gasteiger partial charge is 0.146 e. The first-order valence-electron chi connectivity index (χ1n) is 4.61. The zero-order valence-electron chi connectivity index (χ0n) is 7.21. The molecule has 2 bridgehead atoms. The maximum atomic E-state index is 2.32. The Bertz CT molecular complexity index is 330. The molecule has 12 heavy (non-hydrogen) atoms. The lowest BCUT2D eigenvalue weighted by Crippen LogP contribution is -1.99. The number of rotatable bonds is 0. The predicted molar refractivity (Wildman–Crippen MR) is 53.5 cm³/mol. The van der Waals surface area contributed by atoms with Crippen molar-refractivity contribution in [2.75, 3.05) is 0 Å². The van der Waals surface area contributed by atoms with Gasteiger partial charge in [-0.25, -0.2) is 0 Å². The minimum Gasteiger partial charge on any atom is -0.146 e. The fourth-order valence-corrected chi connectivity index (χ4v) is 4.25. The Hall–Kier alpha value is -0.430. The van der Waals surface area contributed by atoms with Crippen LogP contribution in [0.25, 0.3) is 0 Å². The number of hydrogen-bond acceptors (Lipinski definition) is 1. The summed E-state index contributed by atoms with van der Waals surface area (Å²) in [4.78, 5) is 0. The molecule has 1 fully saturated rings. The lowest BCUT2D eigenvalue weighted by molar-refractivity contribution is 0.713. The maximum absolute atomic E-state index is 2.32. The Morgan fingerprint density at radius 3 is 2.92 bits per heavy atom. The lowest BCUT2D eigenvalue weighted by Gasteiger charge is -2.14. The molecule has 2 atom stereocenters. The van der Waals surface area contributed by atoms with Gasteiger partial charge in [-0.1, -0.05) is 18.2 Å². The van der Waals surface area contributed by atoms with E-state index in [9.17, 15) is 0 Å². The van der Waals surface area contributed by atoms with Gasteiger partial charge >= 0.3 is 0 Å². The van der Waals surface area contributed by atoms with Gasteiger partial charge in [-0.2, -0.15) is 0 Å². The number of fused-ring (bicyclic) bond motifs is 5. The van der Waals surface area contributed by atoms with Crippen LogP contribution in [0, 0.1) is 6.92 Å². The number of thioether (sulfide) groups is 1. The first-order valence-corrected chi connectivity index (χ1v) is 5.55. The van der Waals surface area contributed by atoms with Gasteiger partial charge in [0.15, 0.2) is 0 Å². The first-order chi connectivity index (χ1) is 5.86. The normalized spacial score (nSPS) is 30.8. The summed E-state index contributed by atoms with van der Waals surface area (Å²) in [6.07, 6.45) is 2.82. The van der Waals surface area contributed by atoms with Gasteiger partial charge in [0.25, 0.3) is 0 Å². The third-order valence-corrected chi connectivity index (χ3v) is 4.66. The van der Waals surface area contributed by atoms with Crippen molar-refractivity contribution in [1.82, 2.24) is 0 Å². The highest BCUT2D eigenvalue weighted by atomic mass is 32.2. The van der Waals surface area contributed by atoms with Crippen LogP contribution in [0.2, 0.25) is 0 Å². The highest BCUT2D eigenvalue weighted by molar-refractivity contribution is 8.00. The van der Waals surface area contributed by atoms with E-state index in [1.165, 1.54) is 18.4 Å². The third-order valence-electron chi connectivity index (χ3n) is 3.05. The SMILES string of the molecule is Cc1cccc2c1[C@@H]1CC[C@H]2S1. The molecule has 62 valence electrons. The molecular weight excluding hydrogens is 164 g/mol. The second kappa shape index (κ2) is 2.29. The van der Waals surface area contributed by atoms with Crippen LogP contribution >= 0.6 is 11.8 Å². The van der Waals surface area contributed by atoms with Crippen molar-refractivity contribution < 1.29 is 0 Å². The summed E-state index contributed by atoms with van der Waals surface area (Å²) < 4.78 is 0. The smallest absolute Gasteiger partial charge is 0.0309 e. The third kappa shape index (κ3) is 0.752. The molecule has 0 aliphatic carbocycles. The van der Waals surface area contributed by atoms with E-state index in [1.807, 2.05) is 0 Å². The molecule has 3 rings (SSSR count). The Morgan fingerprint density at radius 2 is 2.08 bits per heavy atom. The molecule has 2 heterocycles. The summed E-state index contributed by atoms with van der Waals surface area (Å²) in [6, 6.07) is 6.77. The molecule has 0 spiro atoms. The van der Waals surface area contributed by atoms with Crippen LogP contribution in [0.4, 0.5) is 0 Å². The van der Waals surface area contributed by atoms with Crippen LogP contribution in [0.1, 0.15) is 40.0 Å². The Morgan fingerprint density at radius 1 is 1.25 bits per heavy atom. The first kappa shape index (κ1) is 7.02. The van der Waals surface area contributed by atoms with Gasteiger partial charge < -0.3 is 0 Å². The van der Waals surface area contributed by atoms with Crippen molar-refractivity contribution in [2.24, 2.45) is 0 Å². The average Bonchev–Trinajstić information content (AvgIpc) is 2.64. The second-order valence-electron chi connectivity index (χ2n) is 3.77. The fraction of sp³-hybridized carbons (Fsp3) is 0.455. The lowest BCUT2D eigenvalue weighted by atomic mass is 9.89. The molecule has 1 heteroatoms. The van der Waals surface area contributed by atoms with Crippen LogP contribution in [0.15, 0.2) is 18.2 Å². The van der Waals surface area contributed by atoms with E-state index < -0.39 is 0 Å². The maximum Gasteiger partial charge on any atom is 0.0309 e. The molecular formula is C11H12S.